The largest absolute Gasteiger partial charge is 0.495 e. The molecule has 1 heterocycles. The van der Waals surface area contributed by atoms with Crippen LogP contribution in [0.1, 0.15) is 17.8 Å². The van der Waals surface area contributed by atoms with Crippen molar-refractivity contribution in [2.75, 3.05) is 12.4 Å². The minimum absolute atomic E-state index is 0.174. The number of aromatic nitrogens is 2. The summed E-state index contributed by atoms with van der Waals surface area (Å²) < 4.78 is 6.72. The van der Waals surface area contributed by atoms with Crippen molar-refractivity contribution in [3.8, 4) is 5.75 Å². The fraction of sp³-hybridized carbons (Fsp3) is 0.333. The van der Waals surface area contributed by atoms with Gasteiger partial charge in [0, 0.05) is 29.4 Å². The van der Waals surface area contributed by atoms with Gasteiger partial charge in [-0.25, -0.2) is 4.79 Å². The lowest BCUT2D eigenvalue weighted by Crippen LogP contribution is -2.22. The number of benzene rings is 1. The van der Waals surface area contributed by atoms with E-state index in [0.717, 1.165) is 11.4 Å². The molecular weight excluding hydrogens is 306 g/mol. The fourth-order valence-electron chi connectivity index (χ4n) is 2.15. The second-order valence-corrected chi connectivity index (χ2v) is 5.37. The highest BCUT2D eigenvalue weighted by Crippen LogP contribution is 2.27. The van der Waals surface area contributed by atoms with Crippen molar-refractivity contribution in [2.24, 2.45) is 0 Å². The van der Waals surface area contributed by atoms with Gasteiger partial charge in [-0.2, -0.15) is 0 Å². The Morgan fingerprint density at radius 1 is 1.41 bits per heavy atom. The number of nitrogens with one attached hydrogen (secondary N) is 2. The number of carbonyl (C=O) groups excluding carboxylic acids is 1. The van der Waals surface area contributed by atoms with Gasteiger partial charge in [-0.1, -0.05) is 11.6 Å². The second-order valence-electron chi connectivity index (χ2n) is 4.93. The van der Waals surface area contributed by atoms with Crippen LogP contribution in [0, 0.1) is 13.8 Å². The van der Waals surface area contributed by atoms with Crippen LogP contribution in [0.4, 0.5) is 5.69 Å². The van der Waals surface area contributed by atoms with Crippen LogP contribution >= 0.6 is 11.6 Å². The zero-order chi connectivity index (χ0) is 16.3. The van der Waals surface area contributed by atoms with Gasteiger partial charge in [-0.3, -0.25) is 9.36 Å². The molecule has 2 rings (SSSR count). The van der Waals surface area contributed by atoms with Crippen molar-refractivity contribution in [3.05, 3.63) is 45.1 Å². The van der Waals surface area contributed by atoms with E-state index in [0.29, 0.717) is 23.0 Å². The third-order valence-corrected chi connectivity index (χ3v) is 3.72. The second kappa shape index (κ2) is 6.70. The molecule has 6 nitrogen and oxygen atoms in total. The lowest BCUT2D eigenvalue weighted by atomic mass is 10.2. The summed E-state index contributed by atoms with van der Waals surface area (Å²) >= 11 is 5.92. The quantitative estimate of drug-likeness (QED) is 0.887. The first-order chi connectivity index (χ1) is 10.4. The number of carbonyl (C=O) groups is 1. The molecule has 0 aliphatic carbocycles. The summed E-state index contributed by atoms with van der Waals surface area (Å²) in [5.41, 5.74) is 1.94. The van der Waals surface area contributed by atoms with Gasteiger partial charge in [-0.05, 0) is 32.0 Å². The number of aromatic amines is 1. The molecule has 22 heavy (non-hydrogen) atoms. The highest BCUT2D eigenvalue weighted by Gasteiger charge is 2.11. The van der Waals surface area contributed by atoms with Crippen molar-refractivity contribution in [2.45, 2.75) is 26.8 Å². The maximum absolute atomic E-state index is 12.1. The van der Waals surface area contributed by atoms with Crippen LogP contribution in [-0.4, -0.2) is 22.6 Å². The van der Waals surface area contributed by atoms with E-state index in [2.05, 4.69) is 10.3 Å². The number of ether oxygens (including phenoxy) is 1. The van der Waals surface area contributed by atoms with Gasteiger partial charge in [0.1, 0.15) is 5.75 Å². The van der Waals surface area contributed by atoms with E-state index >= 15 is 0 Å². The predicted molar refractivity (Wildman–Crippen MR) is 85.8 cm³/mol. The highest BCUT2D eigenvalue weighted by molar-refractivity contribution is 6.31. The van der Waals surface area contributed by atoms with Crippen molar-refractivity contribution in [3.63, 3.8) is 0 Å². The SMILES string of the molecule is COc1ccc(Cl)cc1NC(=O)CCn1c(C)c(C)[nH]c1=O. The number of halogens is 1. The minimum Gasteiger partial charge on any atom is -0.495 e. The maximum Gasteiger partial charge on any atom is 0.325 e. The molecule has 0 aliphatic rings. The summed E-state index contributed by atoms with van der Waals surface area (Å²) in [5.74, 6) is 0.314. The molecule has 0 aliphatic heterocycles. The lowest BCUT2D eigenvalue weighted by molar-refractivity contribution is -0.116. The van der Waals surface area contributed by atoms with Crippen molar-refractivity contribution in [1.29, 1.82) is 0 Å². The Kier molecular flexibility index (Phi) is 4.92. The molecule has 2 aromatic rings. The standard InChI is InChI=1S/C15H18ClN3O3/c1-9-10(2)19(15(21)17-9)7-6-14(20)18-12-8-11(16)4-5-13(12)22-3/h4-5,8H,6-7H2,1-3H3,(H,17,21)(H,18,20). The number of rotatable bonds is 5. The molecule has 0 fully saturated rings. The summed E-state index contributed by atoms with van der Waals surface area (Å²) in [6.45, 7) is 3.97. The summed E-state index contributed by atoms with van der Waals surface area (Å²) in [6.07, 6.45) is 0.174. The van der Waals surface area contributed by atoms with E-state index in [-0.39, 0.29) is 18.0 Å². The molecule has 7 heteroatoms. The Morgan fingerprint density at radius 2 is 2.14 bits per heavy atom. The van der Waals surface area contributed by atoms with Gasteiger partial charge in [0.15, 0.2) is 0 Å². The van der Waals surface area contributed by atoms with Gasteiger partial charge in [0.05, 0.1) is 12.8 Å². The Labute approximate surface area is 133 Å². The van der Waals surface area contributed by atoms with E-state index in [1.54, 1.807) is 22.8 Å². The average molecular weight is 324 g/mol. The zero-order valence-corrected chi connectivity index (χ0v) is 13.5. The van der Waals surface area contributed by atoms with Gasteiger partial charge in [-0.15, -0.1) is 0 Å². The summed E-state index contributed by atoms with van der Waals surface area (Å²) in [6, 6.07) is 4.99. The van der Waals surface area contributed by atoms with E-state index in [1.165, 1.54) is 7.11 Å². The van der Waals surface area contributed by atoms with Crippen LogP contribution in [0.25, 0.3) is 0 Å². The number of amides is 1. The van der Waals surface area contributed by atoms with E-state index in [1.807, 2.05) is 13.8 Å². The first kappa shape index (κ1) is 16.2. The lowest BCUT2D eigenvalue weighted by Gasteiger charge is -2.11. The fourth-order valence-corrected chi connectivity index (χ4v) is 2.32. The molecule has 1 aromatic heterocycles. The first-order valence-electron chi connectivity index (χ1n) is 6.81. The Hall–Kier alpha value is -2.21. The molecule has 1 aromatic carbocycles. The number of nitrogens with zero attached hydrogens (tertiary/aromatic N) is 1. The Morgan fingerprint density at radius 3 is 2.73 bits per heavy atom. The molecule has 118 valence electrons. The predicted octanol–water partition coefficient (Wildman–Crippen LogP) is 2.48. The number of aryl methyl sites for hydroxylation is 1. The molecule has 0 saturated carbocycles. The molecule has 1 amide bonds. The normalized spacial score (nSPS) is 10.5. The topological polar surface area (TPSA) is 76.1 Å². The summed E-state index contributed by atoms with van der Waals surface area (Å²) in [7, 11) is 1.52. The number of methoxy groups -OCH3 is 1. The van der Waals surface area contributed by atoms with Gasteiger partial charge in [0.2, 0.25) is 5.91 Å². The van der Waals surface area contributed by atoms with E-state index < -0.39 is 0 Å². The molecule has 0 unspecified atom stereocenters. The molecule has 0 radical (unpaired) electrons. The number of imidazole rings is 1. The first-order valence-corrected chi connectivity index (χ1v) is 7.19. The van der Waals surface area contributed by atoms with Gasteiger partial charge < -0.3 is 15.0 Å². The highest BCUT2D eigenvalue weighted by atomic mass is 35.5. The van der Waals surface area contributed by atoms with Crippen molar-refractivity contribution < 1.29 is 9.53 Å². The Balaban J connectivity index is 2.05. The van der Waals surface area contributed by atoms with Crippen molar-refractivity contribution in [1.82, 2.24) is 9.55 Å². The smallest absolute Gasteiger partial charge is 0.325 e. The Bertz CT molecular complexity index is 749. The summed E-state index contributed by atoms with van der Waals surface area (Å²) in [5, 5.41) is 3.25. The van der Waals surface area contributed by atoms with Crippen LogP contribution in [0.15, 0.2) is 23.0 Å². The van der Waals surface area contributed by atoms with E-state index in [4.69, 9.17) is 16.3 Å². The van der Waals surface area contributed by atoms with Crippen molar-refractivity contribution >= 4 is 23.2 Å². The zero-order valence-electron chi connectivity index (χ0n) is 12.7. The van der Waals surface area contributed by atoms with E-state index in [9.17, 15) is 9.59 Å². The molecule has 0 atom stereocenters. The number of hydrogen-bond acceptors (Lipinski definition) is 3. The number of H-pyrrole nitrogens is 1. The summed E-state index contributed by atoms with van der Waals surface area (Å²) in [4.78, 5) is 26.5. The molecule has 0 saturated heterocycles. The third kappa shape index (κ3) is 3.51. The van der Waals surface area contributed by atoms with Crippen LogP contribution in [0.3, 0.4) is 0 Å². The number of anilines is 1. The maximum atomic E-state index is 12.1. The molecule has 0 bridgehead atoms. The average Bonchev–Trinajstić information content (AvgIpc) is 2.70. The van der Waals surface area contributed by atoms with Gasteiger partial charge >= 0.3 is 5.69 Å². The molecule has 2 N–H and O–H groups in total. The van der Waals surface area contributed by atoms with Crippen LogP contribution in [-0.2, 0) is 11.3 Å². The van der Waals surface area contributed by atoms with Crippen LogP contribution in [0.2, 0.25) is 5.02 Å². The monoisotopic (exact) mass is 323 g/mol. The third-order valence-electron chi connectivity index (χ3n) is 3.49. The van der Waals surface area contributed by atoms with Gasteiger partial charge in [0.25, 0.3) is 0 Å². The van der Waals surface area contributed by atoms with Crippen LogP contribution in [0.5, 0.6) is 5.75 Å². The molecule has 0 spiro atoms. The number of hydrogen-bond donors (Lipinski definition) is 2. The molecular formula is C15H18ClN3O3. The van der Waals surface area contributed by atoms with Crippen LogP contribution < -0.4 is 15.7 Å². The minimum atomic E-state index is -0.217.